The van der Waals surface area contributed by atoms with Crippen LogP contribution in [0.5, 0.6) is 0 Å². The zero-order valence-electron chi connectivity index (χ0n) is 8.58. The van der Waals surface area contributed by atoms with Gasteiger partial charge in [0.25, 0.3) is 0 Å². The van der Waals surface area contributed by atoms with Gasteiger partial charge < -0.3 is 10.0 Å². The number of aliphatic hydroxyl groups excluding tert-OH is 1. The van der Waals surface area contributed by atoms with Gasteiger partial charge in [-0.1, -0.05) is 6.42 Å². The van der Waals surface area contributed by atoms with Gasteiger partial charge >= 0.3 is 0 Å². The molecule has 0 heterocycles. The Morgan fingerprint density at radius 1 is 1.15 bits per heavy atom. The van der Waals surface area contributed by atoms with Crippen molar-refractivity contribution < 1.29 is 5.11 Å². The van der Waals surface area contributed by atoms with Gasteiger partial charge in [-0.3, -0.25) is 0 Å². The van der Waals surface area contributed by atoms with Crippen molar-refractivity contribution in [1.29, 1.82) is 0 Å². The van der Waals surface area contributed by atoms with Crippen LogP contribution in [-0.2, 0) is 0 Å². The summed E-state index contributed by atoms with van der Waals surface area (Å²) in [4.78, 5) is 2.39. The number of nitrogens with zero attached hydrogens (tertiary/aromatic N) is 1. The molecule has 2 saturated carbocycles. The Hall–Kier alpha value is -0.0800. The monoisotopic (exact) mass is 183 g/mol. The summed E-state index contributed by atoms with van der Waals surface area (Å²) in [6, 6.07) is 0.459. The summed E-state index contributed by atoms with van der Waals surface area (Å²) >= 11 is 0. The van der Waals surface area contributed by atoms with Crippen LogP contribution >= 0.6 is 0 Å². The molecule has 2 aliphatic rings. The predicted molar refractivity (Wildman–Crippen MR) is 53.6 cm³/mol. The largest absolute Gasteiger partial charge is 0.391 e. The Kier molecular flexibility index (Phi) is 2.89. The normalized spacial score (nSPS) is 35.3. The quantitative estimate of drug-likeness (QED) is 0.719. The molecule has 0 aromatic heterocycles. The molecule has 0 saturated heterocycles. The third-order valence-electron chi connectivity index (χ3n) is 3.78. The zero-order valence-corrected chi connectivity index (χ0v) is 8.58. The van der Waals surface area contributed by atoms with Crippen LogP contribution in [0.1, 0.15) is 38.5 Å². The van der Waals surface area contributed by atoms with Crippen molar-refractivity contribution in [2.45, 2.75) is 50.7 Å². The average molecular weight is 183 g/mol. The van der Waals surface area contributed by atoms with Crippen LogP contribution in [0, 0.1) is 5.92 Å². The molecule has 0 radical (unpaired) electrons. The van der Waals surface area contributed by atoms with Gasteiger partial charge in [0.2, 0.25) is 0 Å². The van der Waals surface area contributed by atoms with Crippen molar-refractivity contribution in [2.24, 2.45) is 5.92 Å². The molecule has 2 rings (SSSR count). The molecule has 0 aromatic carbocycles. The topological polar surface area (TPSA) is 23.5 Å². The summed E-state index contributed by atoms with van der Waals surface area (Å²) in [7, 11) is 2.18. The maximum atomic E-state index is 9.72. The summed E-state index contributed by atoms with van der Waals surface area (Å²) in [6.07, 6.45) is 7.61. The van der Waals surface area contributed by atoms with Crippen molar-refractivity contribution in [2.75, 3.05) is 13.6 Å². The fourth-order valence-electron chi connectivity index (χ4n) is 2.65. The first kappa shape index (κ1) is 9.47. The summed E-state index contributed by atoms with van der Waals surface area (Å²) in [5.74, 6) is 0.929. The van der Waals surface area contributed by atoms with Crippen LogP contribution in [0.3, 0.4) is 0 Å². The molecule has 0 aromatic rings. The first-order chi connectivity index (χ1) is 6.27. The molecule has 0 aliphatic heterocycles. The van der Waals surface area contributed by atoms with Crippen molar-refractivity contribution in [3.8, 4) is 0 Å². The highest BCUT2D eigenvalue weighted by Gasteiger charge is 2.30. The predicted octanol–water partition coefficient (Wildman–Crippen LogP) is 1.63. The van der Waals surface area contributed by atoms with E-state index in [0.29, 0.717) is 6.04 Å². The first-order valence-electron chi connectivity index (χ1n) is 5.65. The molecule has 76 valence electrons. The van der Waals surface area contributed by atoms with Crippen LogP contribution in [0.4, 0.5) is 0 Å². The van der Waals surface area contributed by atoms with E-state index in [1.54, 1.807) is 0 Å². The molecule has 2 unspecified atom stereocenters. The Balaban J connectivity index is 1.77. The van der Waals surface area contributed by atoms with Gasteiger partial charge in [0.1, 0.15) is 0 Å². The second kappa shape index (κ2) is 3.97. The average Bonchev–Trinajstić information content (AvgIpc) is 2.43. The van der Waals surface area contributed by atoms with Crippen molar-refractivity contribution in [1.82, 2.24) is 4.90 Å². The van der Waals surface area contributed by atoms with Gasteiger partial charge in [-0.2, -0.15) is 0 Å². The number of likely N-dealkylation sites (N-methyl/N-ethyl adjacent to an activating group) is 1. The lowest BCUT2D eigenvalue weighted by Crippen LogP contribution is -2.41. The fraction of sp³-hybridized carbons (Fsp3) is 1.00. The van der Waals surface area contributed by atoms with E-state index in [-0.39, 0.29) is 6.10 Å². The smallest absolute Gasteiger partial charge is 0.0695 e. The minimum Gasteiger partial charge on any atom is -0.391 e. The third-order valence-corrected chi connectivity index (χ3v) is 3.78. The lowest BCUT2D eigenvalue weighted by Gasteiger charge is -2.34. The fourth-order valence-corrected chi connectivity index (χ4v) is 2.65. The maximum Gasteiger partial charge on any atom is 0.0695 e. The van der Waals surface area contributed by atoms with Gasteiger partial charge in [0.05, 0.1) is 6.10 Å². The molecule has 2 fully saturated rings. The molecule has 2 atom stereocenters. The van der Waals surface area contributed by atoms with Crippen LogP contribution in [0.15, 0.2) is 0 Å². The highest BCUT2D eigenvalue weighted by molar-refractivity contribution is 4.85. The second-order valence-corrected chi connectivity index (χ2v) is 4.80. The number of aliphatic hydroxyl groups is 1. The Labute approximate surface area is 80.9 Å². The Bertz CT molecular complexity index is 167. The molecule has 0 spiro atoms. The maximum absolute atomic E-state index is 9.72. The van der Waals surface area contributed by atoms with E-state index in [2.05, 4.69) is 11.9 Å². The third kappa shape index (κ3) is 2.05. The lowest BCUT2D eigenvalue weighted by molar-refractivity contribution is 0.0674. The van der Waals surface area contributed by atoms with Gasteiger partial charge in [-0.25, -0.2) is 0 Å². The molecule has 2 aliphatic carbocycles. The lowest BCUT2D eigenvalue weighted by atomic mass is 9.85. The van der Waals surface area contributed by atoms with Crippen molar-refractivity contribution in [3.63, 3.8) is 0 Å². The minimum atomic E-state index is -0.0509. The van der Waals surface area contributed by atoms with E-state index in [1.165, 1.54) is 38.6 Å². The number of rotatable bonds is 3. The summed E-state index contributed by atoms with van der Waals surface area (Å²) in [5.41, 5.74) is 0. The van der Waals surface area contributed by atoms with Gasteiger partial charge in [-0.15, -0.1) is 0 Å². The van der Waals surface area contributed by atoms with E-state index in [4.69, 9.17) is 0 Å². The molecule has 13 heavy (non-hydrogen) atoms. The van der Waals surface area contributed by atoms with Gasteiger partial charge in [0, 0.05) is 12.6 Å². The molecule has 0 bridgehead atoms. The highest BCUT2D eigenvalue weighted by Crippen LogP contribution is 2.30. The SMILES string of the molecule is CN(CC1CCC1)C1CCCC1O. The van der Waals surface area contributed by atoms with Crippen LogP contribution in [0.25, 0.3) is 0 Å². The first-order valence-corrected chi connectivity index (χ1v) is 5.65. The van der Waals surface area contributed by atoms with Gasteiger partial charge in [-0.05, 0) is 45.1 Å². The Morgan fingerprint density at radius 2 is 1.85 bits per heavy atom. The van der Waals surface area contributed by atoms with Crippen LogP contribution in [-0.4, -0.2) is 35.7 Å². The molecule has 2 heteroatoms. The molecule has 2 nitrogen and oxygen atoms in total. The molecular weight excluding hydrogens is 162 g/mol. The summed E-state index contributed by atoms with van der Waals surface area (Å²) < 4.78 is 0. The summed E-state index contributed by atoms with van der Waals surface area (Å²) in [5, 5.41) is 9.72. The minimum absolute atomic E-state index is 0.0509. The van der Waals surface area contributed by atoms with Crippen molar-refractivity contribution in [3.05, 3.63) is 0 Å². The van der Waals surface area contributed by atoms with Gasteiger partial charge in [0.15, 0.2) is 0 Å². The molecule has 0 amide bonds. The van der Waals surface area contributed by atoms with Crippen LogP contribution in [0.2, 0.25) is 0 Å². The van der Waals surface area contributed by atoms with E-state index in [0.717, 1.165) is 12.3 Å². The van der Waals surface area contributed by atoms with E-state index < -0.39 is 0 Å². The van der Waals surface area contributed by atoms with Crippen LogP contribution < -0.4 is 0 Å². The number of hydrogen-bond donors (Lipinski definition) is 1. The summed E-state index contributed by atoms with van der Waals surface area (Å²) in [6.45, 7) is 1.21. The number of hydrogen-bond acceptors (Lipinski definition) is 2. The van der Waals surface area contributed by atoms with E-state index in [9.17, 15) is 5.11 Å². The van der Waals surface area contributed by atoms with E-state index in [1.807, 2.05) is 0 Å². The zero-order chi connectivity index (χ0) is 9.26. The molecule has 1 N–H and O–H groups in total. The highest BCUT2D eigenvalue weighted by atomic mass is 16.3. The van der Waals surface area contributed by atoms with Crippen molar-refractivity contribution >= 4 is 0 Å². The van der Waals surface area contributed by atoms with E-state index >= 15 is 0 Å². The Morgan fingerprint density at radius 3 is 2.31 bits per heavy atom. The second-order valence-electron chi connectivity index (χ2n) is 4.80. The standard InChI is InChI=1S/C11H21NO/c1-12(8-9-4-2-5-9)10-6-3-7-11(10)13/h9-11,13H,2-8H2,1H3. The molecular formula is C11H21NO.